The number of nitrogens with zero attached hydrogens (tertiary/aromatic N) is 2. The number of hydrogen-bond acceptors (Lipinski definition) is 3. The zero-order valence-corrected chi connectivity index (χ0v) is 16.0. The van der Waals surface area contributed by atoms with Crippen LogP contribution in [0.25, 0.3) is 0 Å². The normalized spacial score (nSPS) is 24.2. The first-order valence-corrected chi connectivity index (χ1v) is 9.24. The van der Waals surface area contributed by atoms with Gasteiger partial charge in [-0.3, -0.25) is 9.59 Å². The molecule has 140 valence electrons. The quantitative estimate of drug-likeness (QED) is 0.847. The van der Waals surface area contributed by atoms with Gasteiger partial charge in [0.15, 0.2) is 0 Å². The van der Waals surface area contributed by atoms with Crippen LogP contribution < -0.4 is 0 Å². The van der Waals surface area contributed by atoms with Gasteiger partial charge in [-0.15, -0.1) is 0 Å². The van der Waals surface area contributed by atoms with Crippen molar-refractivity contribution < 1.29 is 14.7 Å². The maximum atomic E-state index is 12.9. The molecule has 1 N–H and O–H groups in total. The van der Waals surface area contributed by atoms with Crippen molar-refractivity contribution in [3.63, 3.8) is 0 Å². The zero-order valence-electron chi connectivity index (χ0n) is 16.0. The van der Waals surface area contributed by atoms with Crippen LogP contribution >= 0.6 is 0 Å². The Kier molecular flexibility index (Phi) is 4.82. The molecular weight excluding hydrogens is 328 g/mol. The monoisotopic (exact) mass is 356 g/mol. The van der Waals surface area contributed by atoms with E-state index >= 15 is 0 Å². The van der Waals surface area contributed by atoms with Gasteiger partial charge in [-0.25, -0.2) is 0 Å². The van der Waals surface area contributed by atoms with E-state index in [0.29, 0.717) is 37.7 Å². The number of carbonyl (C=O) groups is 2. The lowest BCUT2D eigenvalue weighted by Crippen LogP contribution is -2.51. The number of amides is 2. The Balaban J connectivity index is 1.61. The van der Waals surface area contributed by atoms with Crippen LogP contribution in [0.15, 0.2) is 35.9 Å². The molecule has 0 spiro atoms. The van der Waals surface area contributed by atoms with Gasteiger partial charge in [-0.2, -0.15) is 0 Å². The molecule has 1 aliphatic heterocycles. The summed E-state index contributed by atoms with van der Waals surface area (Å²) < 4.78 is 0. The Labute approximate surface area is 155 Å². The topological polar surface area (TPSA) is 60.9 Å². The van der Waals surface area contributed by atoms with Gasteiger partial charge in [0.25, 0.3) is 5.91 Å². The highest BCUT2D eigenvalue weighted by molar-refractivity contribution is 5.97. The second-order valence-electron chi connectivity index (χ2n) is 8.20. The van der Waals surface area contributed by atoms with Crippen LogP contribution in [0.1, 0.15) is 38.1 Å². The number of benzene rings is 1. The Morgan fingerprint density at radius 1 is 1.08 bits per heavy atom. The number of rotatable bonds is 3. The molecule has 0 radical (unpaired) electrons. The van der Waals surface area contributed by atoms with Gasteiger partial charge in [0.05, 0.1) is 11.5 Å². The second-order valence-corrected chi connectivity index (χ2v) is 8.20. The molecule has 1 aliphatic carbocycles. The summed E-state index contributed by atoms with van der Waals surface area (Å²) in [5.41, 5.74) is 1.58. The van der Waals surface area contributed by atoms with E-state index in [1.165, 1.54) is 11.6 Å². The number of aromatic hydroxyl groups is 1. The lowest BCUT2D eigenvalue weighted by molar-refractivity contribution is -0.135. The molecular formula is C21H28N2O3. The van der Waals surface area contributed by atoms with E-state index in [2.05, 4.69) is 33.8 Å². The third kappa shape index (κ3) is 3.35. The van der Waals surface area contributed by atoms with Crippen molar-refractivity contribution in [1.82, 2.24) is 9.80 Å². The molecule has 5 nitrogen and oxygen atoms in total. The maximum Gasteiger partial charge on any atom is 0.257 e. The first-order chi connectivity index (χ1) is 12.2. The fourth-order valence-corrected chi connectivity index (χ4v) is 3.97. The molecule has 2 atom stereocenters. The minimum absolute atomic E-state index is 0.000278. The summed E-state index contributed by atoms with van der Waals surface area (Å²) in [6, 6.07) is 6.59. The average Bonchev–Trinajstić information content (AvgIpc) is 3.13. The van der Waals surface area contributed by atoms with Crippen molar-refractivity contribution in [2.75, 3.05) is 26.2 Å². The molecule has 3 rings (SSSR count). The van der Waals surface area contributed by atoms with Crippen LogP contribution in [0.2, 0.25) is 0 Å². The lowest BCUT2D eigenvalue weighted by Gasteiger charge is -2.35. The van der Waals surface area contributed by atoms with E-state index in [-0.39, 0.29) is 28.9 Å². The highest BCUT2D eigenvalue weighted by atomic mass is 16.3. The van der Waals surface area contributed by atoms with E-state index in [1.807, 2.05) is 4.90 Å². The number of allylic oxidation sites excluding steroid dienone is 2. The van der Waals surface area contributed by atoms with Crippen LogP contribution in [0, 0.1) is 17.3 Å². The Morgan fingerprint density at radius 2 is 1.65 bits per heavy atom. The molecule has 0 bridgehead atoms. The van der Waals surface area contributed by atoms with Crippen LogP contribution in [-0.2, 0) is 4.79 Å². The molecule has 0 unspecified atom stereocenters. The highest BCUT2D eigenvalue weighted by Gasteiger charge is 2.61. The number of hydrogen-bond donors (Lipinski definition) is 1. The van der Waals surface area contributed by atoms with Gasteiger partial charge in [0.1, 0.15) is 5.75 Å². The fourth-order valence-electron chi connectivity index (χ4n) is 3.97. The van der Waals surface area contributed by atoms with Crippen LogP contribution in [0.5, 0.6) is 5.75 Å². The van der Waals surface area contributed by atoms with Crippen molar-refractivity contribution in [3.8, 4) is 5.75 Å². The van der Waals surface area contributed by atoms with Gasteiger partial charge >= 0.3 is 0 Å². The number of phenols is 1. The maximum absolute atomic E-state index is 12.9. The molecule has 1 aromatic carbocycles. The van der Waals surface area contributed by atoms with Crippen LogP contribution in [-0.4, -0.2) is 52.9 Å². The number of para-hydroxylation sites is 1. The summed E-state index contributed by atoms with van der Waals surface area (Å²) in [5.74, 6) is 0.371. The van der Waals surface area contributed by atoms with E-state index in [9.17, 15) is 14.7 Å². The molecule has 26 heavy (non-hydrogen) atoms. The molecule has 0 aromatic heterocycles. The molecule has 2 aliphatic rings. The van der Waals surface area contributed by atoms with E-state index in [1.54, 1.807) is 23.1 Å². The summed E-state index contributed by atoms with van der Waals surface area (Å²) in [6.45, 7) is 10.5. The van der Waals surface area contributed by atoms with Gasteiger partial charge < -0.3 is 14.9 Å². The van der Waals surface area contributed by atoms with Crippen molar-refractivity contribution in [3.05, 3.63) is 41.5 Å². The molecule has 2 fully saturated rings. The minimum atomic E-state index is -0.177. The molecule has 1 heterocycles. The number of phenolic OH excluding ortho intramolecular Hbond substituents is 1. The molecule has 1 saturated heterocycles. The summed E-state index contributed by atoms with van der Waals surface area (Å²) in [7, 11) is 0. The molecule has 1 saturated carbocycles. The smallest absolute Gasteiger partial charge is 0.257 e. The molecule has 1 aromatic rings. The van der Waals surface area contributed by atoms with Crippen LogP contribution in [0.3, 0.4) is 0 Å². The predicted octanol–water partition coefficient (Wildman–Crippen LogP) is 2.92. The second kappa shape index (κ2) is 6.78. The summed E-state index contributed by atoms with van der Waals surface area (Å²) in [6.07, 6.45) is 2.21. The zero-order chi connectivity index (χ0) is 19.1. The minimum Gasteiger partial charge on any atom is -0.507 e. The van der Waals surface area contributed by atoms with Crippen molar-refractivity contribution in [2.24, 2.45) is 17.3 Å². The highest BCUT2D eigenvalue weighted by Crippen LogP contribution is 2.60. The lowest BCUT2D eigenvalue weighted by atomic mass is 10.1. The average molecular weight is 356 g/mol. The first-order valence-electron chi connectivity index (χ1n) is 9.24. The Morgan fingerprint density at radius 3 is 2.23 bits per heavy atom. The Bertz CT molecular complexity index is 741. The van der Waals surface area contributed by atoms with Gasteiger partial charge in [-0.1, -0.05) is 37.6 Å². The SMILES string of the molecule is CC(C)=C[C@H]1[C@@H](C(=O)N2CCN(C(=O)c3ccccc3O)CC2)C1(C)C. The molecule has 5 heteroatoms. The van der Waals surface area contributed by atoms with E-state index in [4.69, 9.17) is 0 Å². The van der Waals surface area contributed by atoms with Gasteiger partial charge in [0, 0.05) is 26.2 Å². The molecule has 2 amide bonds. The number of carbonyl (C=O) groups excluding carboxylic acids is 2. The van der Waals surface area contributed by atoms with Gasteiger partial charge in [-0.05, 0) is 37.3 Å². The third-order valence-corrected chi connectivity index (χ3v) is 5.70. The van der Waals surface area contributed by atoms with E-state index in [0.717, 1.165) is 0 Å². The summed E-state index contributed by atoms with van der Waals surface area (Å²) >= 11 is 0. The summed E-state index contributed by atoms with van der Waals surface area (Å²) in [5, 5.41) is 9.87. The fraction of sp³-hybridized carbons (Fsp3) is 0.524. The van der Waals surface area contributed by atoms with Gasteiger partial charge in [0.2, 0.25) is 5.91 Å². The number of piperazine rings is 1. The Hall–Kier alpha value is -2.30. The first kappa shape index (κ1) is 18.5. The third-order valence-electron chi connectivity index (χ3n) is 5.70. The predicted molar refractivity (Wildman–Crippen MR) is 101 cm³/mol. The van der Waals surface area contributed by atoms with Crippen molar-refractivity contribution >= 4 is 11.8 Å². The van der Waals surface area contributed by atoms with Crippen molar-refractivity contribution in [2.45, 2.75) is 27.7 Å². The largest absolute Gasteiger partial charge is 0.507 e. The van der Waals surface area contributed by atoms with E-state index < -0.39 is 0 Å². The standard InChI is InChI=1S/C21H28N2O3/c1-14(2)13-16-18(21(16,3)4)20(26)23-11-9-22(10-12-23)19(25)15-7-5-6-8-17(15)24/h5-8,13,16,18,24H,9-12H2,1-4H3/t16-,18-/m0/s1. The van der Waals surface area contributed by atoms with Crippen LogP contribution in [0.4, 0.5) is 0 Å². The van der Waals surface area contributed by atoms with Crippen molar-refractivity contribution in [1.29, 1.82) is 0 Å². The summed E-state index contributed by atoms with van der Waals surface area (Å²) in [4.78, 5) is 29.1.